The monoisotopic (exact) mass is 579 g/mol. The third kappa shape index (κ3) is 6.56. The van der Waals surface area contributed by atoms with Gasteiger partial charge >= 0.3 is 12.4 Å². The van der Waals surface area contributed by atoms with Gasteiger partial charge in [-0.15, -0.1) is 12.4 Å². The Morgan fingerprint density at radius 2 is 1.38 bits per heavy atom. The SMILES string of the molecule is Cl.O=S(=O)(Cl)c1cccc(-c2cc(-c3nc(-c4ccc(C(F)(F)F)cc4)cc(C(F)(F)F)n3)ccn2)c1. The molecule has 0 spiro atoms. The second-order valence-corrected chi connectivity index (χ2v) is 10.00. The summed E-state index contributed by atoms with van der Waals surface area (Å²) in [7, 11) is 1.34. The van der Waals surface area contributed by atoms with Crippen molar-refractivity contribution in [3.63, 3.8) is 0 Å². The number of aromatic nitrogens is 3. The zero-order chi connectivity index (χ0) is 26.3. The summed E-state index contributed by atoms with van der Waals surface area (Å²) in [5, 5.41) is 0. The molecule has 0 aliphatic rings. The van der Waals surface area contributed by atoms with Crippen molar-refractivity contribution in [2.45, 2.75) is 17.2 Å². The molecule has 5 nitrogen and oxygen atoms in total. The molecule has 194 valence electrons. The van der Waals surface area contributed by atoms with Crippen molar-refractivity contribution in [2.24, 2.45) is 0 Å². The van der Waals surface area contributed by atoms with Crippen molar-refractivity contribution in [2.75, 3.05) is 0 Å². The van der Waals surface area contributed by atoms with Crippen molar-refractivity contribution in [1.82, 2.24) is 15.0 Å². The van der Waals surface area contributed by atoms with Gasteiger partial charge in [-0.05, 0) is 42.5 Å². The topological polar surface area (TPSA) is 72.8 Å². The van der Waals surface area contributed by atoms with Crippen molar-refractivity contribution in [3.05, 3.63) is 84.2 Å². The lowest BCUT2D eigenvalue weighted by atomic mass is 10.1. The van der Waals surface area contributed by atoms with Crippen LogP contribution in [-0.2, 0) is 21.4 Å². The standard InChI is InChI=1S/C23H12ClF6N3O2S.ClH/c24-36(34,35)17-3-1-2-14(10-17)18-11-15(8-9-31-18)21-32-19(12-20(33-21)23(28,29)30)13-4-6-16(7-5-13)22(25,26)27;/h1-12H;1H. The van der Waals surface area contributed by atoms with E-state index in [-0.39, 0.29) is 45.6 Å². The molecule has 37 heavy (non-hydrogen) atoms. The van der Waals surface area contributed by atoms with E-state index in [1.165, 1.54) is 42.6 Å². The van der Waals surface area contributed by atoms with Crippen LogP contribution in [0.4, 0.5) is 26.3 Å². The lowest BCUT2D eigenvalue weighted by Gasteiger charge is -2.12. The molecule has 2 aromatic heterocycles. The van der Waals surface area contributed by atoms with Gasteiger partial charge in [0.2, 0.25) is 0 Å². The van der Waals surface area contributed by atoms with E-state index in [1.807, 2.05) is 0 Å². The van der Waals surface area contributed by atoms with Gasteiger partial charge < -0.3 is 0 Å². The van der Waals surface area contributed by atoms with Crippen LogP contribution < -0.4 is 0 Å². The van der Waals surface area contributed by atoms with Crippen LogP contribution >= 0.6 is 23.1 Å². The maximum absolute atomic E-state index is 13.6. The Morgan fingerprint density at radius 3 is 1.97 bits per heavy atom. The first-order valence-electron chi connectivity index (χ1n) is 9.87. The average Bonchev–Trinajstić information content (AvgIpc) is 2.82. The summed E-state index contributed by atoms with van der Waals surface area (Å²) in [5.74, 6) is -0.357. The molecular formula is C23H13Cl2F6N3O2S. The second-order valence-electron chi connectivity index (χ2n) is 7.43. The molecule has 0 saturated heterocycles. The van der Waals surface area contributed by atoms with Gasteiger partial charge in [0, 0.05) is 33.6 Å². The Labute approximate surface area is 217 Å². The summed E-state index contributed by atoms with van der Waals surface area (Å²) >= 11 is 0. The molecule has 4 rings (SSSR count). The summed E-state index contributed by atoms with van der Waals surface area (Å²) in [4.78, 5) is 11.6. The lowest BCUT2D eigenvalue weighted by molar-refractivity contribution is -0.141. The smallest absolute Gasteiger partial charge is 0.256 e. The van der Waals surface area contributed by atoms with Gasteiger partial charge in [0.1, 0.15) is 5.69 Å². The van der Waals surface area contributed by atoms with Gasteiger partial charge in [0.25, 0.3) is 9.05 Å². The maximum Gasteiger partial charge on any atom is 0.433 e. The van der Waals surface area contributed by atoms with Gasteiger partial charge in [-0.2, -0.15) is 26.3 Å². The van der Waals surface area contributed by atoms with Gasteiger partial charge in [-0.1, -0.05) is 24.3 Å². The zero-order valence-corrected chi connectivity index (χ0v) is 20.4. The van der Waals surface area contributed by atoms with Crippen molar-refractivity contribution in [1.29, 1.82) is 0 Å². The van der Waals surface area contributed by atoms with E-state index >= 15 is 0 Å². The van der Waals surface area contributed by atoms with E-state index < -0.39 is 32.7 Å². The first-order valence-corrected chi connectivity index (χ1v) is 12.2. The van der Waals surface area contributed by atoms with Crippen molar-refractivity contribution in [3.8, 4) is 33.9 Å². The minimum atomic E-state index is -4.86. The highest BCUT2D eigenvalue weighted by Crippen LogP contribution is 2.35. The fraction of sp³-hybridized carbons (Fsp3) is 0.0870. The lowest BCUT2D eigenvalue weighted by Crippen LogP contribution is -2.10. The molecule has 0 bridgehead atoms. The highest BCUT2D eigenvalue weighted by atomic mass is 35.7. The molecule has 0 N–H and O–H groups in total. The van der Waals surface area contributed by atoms with Crippen LogP contribution in [0.1, 0.15) is 11.3 Å². The van der Waals surface area contributed by atoms with Crippen molar-refractivity contribution < 1.29 is 34.8 Å². The molecule has 0 atom stereocenters. The number of benzene rings is 2. The number of rotatable bonds is 4. The number of hydrogen-bond acceptors (Lipinski definition) is 5. The molecule has 0 amide bonds. The van der Waals surface area contributed by atoms with E-state index in [2.05, 4.69) is 15.0 Å². The predicted molar refractivity (Wildman–Crippen MR) is 126 cm³/mol. The summed E-state index contributed by atoms with van der Waals surface area (Å²) in [6.45, 7) is 0. The minimum absolute atomic E-state index is 0. The number of pyridine rings is 1. The van der Waals surface area contributed by atoms with Crippen LogP contribution in [-0.4, -0.2) is 23.4 Å². The van der Waals surface area contributed by atoms with Crippen LogP contribution in [0.15, 0.2) is 77.8 Å². The van der Waals surface area contributed by atoms with Crippen LogP contribution in [0.25, 0.3) is 33.9 Å². The molecule has 2 aromatic carbocycles. The summed E-state index contributed by atoms with van der Waals surface area (Å²) in [5.41, 5.74) is -1.85. The highest BCUT2D eigenvalue weighted by Gasteiger charge is 2.34. The largest absolute Gasteiger partial charge is 0.433 e. The Kier molecular flexibility index (Phi) is 7.87. The molecule has 0 aliphatic carbocycles. The average molecular weight is 580 g/mol. The third-order valence-electron chi connectivity index (χ3n) is 4.95. The third-order valence-corrected chi connectivity index (χ3v) is 6.31. The van der Waals surface area contributed by atoms with Crippen LogP contribution in [0.2, 0.25) is 0 Å². The minimum Gasteiger partial charge on any atom is -0.256 e. The number of nitrogens with zero attached hydrogens (tertiary/aromatic N) is 3. The number of halogens is 8. The first-order chi connectivity index (χ1) is 16.7. The fourth-order valence-corrected chi connectivity index (χ4v) is 4.03. The van der Waals surface area contributed by atoms with Crippen LogP contribution in [0.5, 0.6) is 0 Å². The Morgan fingerprint density at radius 1 is 0.703 bits per heavy atom. The quantitative estimate of drug-likeness (QED) is 0.188. The summed E-state index contributed by atoms with van der Waals surface area (Å²) in [6, 6.07) is 12.3. The van der Waals surface area contributed by atoms with Gasteiger partial charge in [0.15, 0.2) is 5.82 Å². The summed E-state index contributed by atoms with van der Waals surface area (Å²) in [6.07, 6.45) is -8.20. The molecule has 2 heterocycles. The number of alkyl halides is 6. The molecular weight excluding hydrogens is 567 g/mol. The molecule has 0 aliphatic heterocycles. The van der Waals surface area contributed by atoms with Gasteiger partial charge in [-0.25, -0.2) is 18.4 Å². The van der Waals surface area contributed by atoms with Gasteiger partial charge in [-0.3, -0.25) is 4.98 Å². The Hall–Kier alpha value is -3.22. The molecule has 0 fully saturated rings. The molecule has 4 aromatic rings. The normalized spacial score (nSPS) is 12.2. The molecule has 0 radical (unpaired) electrons. The van der Waals surface area contributed by atoms with E-state index in [0.29, 0.717) is 11.6 Å². The molecule has 0 saturated carbocycles. The van der Waals surface area contributed by atoms with Crippen LogP contribution in [0.3, 0.4) is 0 Å². The molecule has 0 unspecified atom stereocenters. The summed E-state index contributed by atoms with van der Waals surface area (Å²) < 4.78 is 103. The Balaban J connectivity index is 0.00000380. The van der Waals surface area contributed by atoms with Gasteiger partial charge in [0.05, 0.1) is 21.8 Å². The highest BCUT2D eigenvalue weighted by molar-refractivity contribution is 8.13. The number of hydrogen-bond donors (Lipinski definition) is 0. The zero-order valence-electron chi connectivity index (χ0n) is 18.0. The van der Waals surface area contributed by atoms with E-state index in [1.54, 1.807) is 0 Å². The van der Waals surface area contributed by atoms with Crippen molar-refractivity contribution >= 4 is 32.1 Å². The fourth-order valence-electron chi connectivity index (χ4n) is 3.23. The maximum atomic E-state index is 13.6. The Bertz CT molecular complexity index is 1540. The van der Waals surface area contributed by atoms with Crippen LogP contribution in [0, 0.1) is 0 Å². The second kappa shape index (κ2) is 10.3. The predicted octanol–water partition coefficient (Wildman–Crippen LogP) is 7.26. The van der Waals surface area contributed by atoms with E-state index in [0.717, 1.165) is 24.3 Å². The van der Waals surface area contributed by atoms with E-state index in [9.17, 15) is 34.8 Å². The van der Waals surface area contributed by atoms with E-state index in [4.69, 9.17) is 10.7 Å². The molecule has 14 heteroatoms. The first kappa shape index (κ1) is 28.4.